The Bertz CT molecular complexity index is 133. The quantitative estimate of drug-likeness (QED) is 0.496. The maximum Gasteiger partial charge on any atom is 0.0440 e. The number of hydrogen-bond acceptors (Lipinski definition) is 1. The first-order valence-corrected chi connectivity index (χ1v) is 2.90. The SMILES string of the molecule is CC1=CC=CN[C@H]1C. The van der Waals surface area contributed by atoms with Crippen molar-refractivity contribution in [3.8, 4) is 0 Å². The lowest BCUT2D eigenvalue weighted by Crippen LogP contribution is -2.23. The van der Waals surface area contributed by atoms with E-state index in [0.717, 1.165) is 0 Å². The molecule has 0 bridgehead atoms. The molecule has 0 fully saturated rings. The molecular weight excluding hydrogens is 98.1 g/mol. The lowest BCUT2D eigenvalue weighted by molar-refractivity contribution is 0.718. The topological polar surface area (TPSA) is 12.0 Å². The van der Waals surface area contributed by atoms with Gasteiger partial charge in [-0.1, -0.05) is 11.6 Å². The molecular formula is C7H11N. The third kappa shape index (κ3) is 0.915. The third-order valence-corrected chi connectivity index (χ3v) is 1.48. The van der Waals surface area contributed by atoms with E-state index in [1.54, 1.807) is 0 Å². The highest BCUT2D eigenvalue weighted by Gasteiger charge is 2.00. The average Bonchev–Trinajstić information content (AvgIpc) is 1.77. The summed E-state index contributed by atoms with van der Waals surface area (Å²) in [5.74, 6) is 0. The molecule has 0 unspecified atom stereocenters. The van der Waals surface area contributed by atoms with Crippen LogP contribution in [-0.4, -0.2) is 6.04 Å². The summed E-state index contributed by atoms with van der Waals surface area (Å²) in [6.45, 7) is 4.27. The van der Waals surface area contributed by atoms with E-state index in [2.05, 4.69) is 25.2 Å². The molecule has 1 N–H and O–H groups in total. The van der Waals surface area contributed by atoms with E-state index in [-0.39, 0.29) is 0 Å². The molecule has 1 atom stereocenters. The first-order chi connectivity index (χ1) is 3.80. The Balaban J connectivity index is 2.66. The molecule has 0 amide bonds. The van der Waals surface area contributed by atoms with Gasteiger partial charge in [-0.25, -0.2) is 0 Å². The lowest BCUT2D eigenvalue weighted by Gasteiger charge is -2.14. The molecule has 1 aliphatic heterocycles. The zero-order valence-corrected chi connectivity index (χ0v) is 5.31. The van der Waals surface area contributed by atoms with Crippen LogP contribution in [0, 0.1) is 0 Å². The van der Waals surface area contributed by atoms with Crippen molar-refractivity contribution in [3.63, 3.8) is 0 Å². The van der Waals surface area contributed by atoms with Gasteiger partial charge in [0.2, 0.25) is 0 Å². The van der Waals surface area contributed by atoms with Gasteiger partial charge in [-0.05, 0) is 26.1 Å². The summed E-state index contributed by atoms with van der Waals surface area (Å²) in [7, 11) is 0. The van der Waals surface area contributed by atoms with Crippen LogP contribution < -0.4 is 5.32 Å². The molecule has 1 heteroatoms. The van der Waals surface area contributed by atoms with Gasteiger partial charge in [0.1, 0.15) is 0 Å². The fourth-order valence-corrected chi connectivity index (χ4v) is 0.676. The largest absolute Gasteiger partial charge is 0.385 e. The predicted molar refractivity (Wildman–Crippen MR) is 35.5 cm³/mol. The highest BCUT2D eigenvalue weighted by atomic mass is 14.9. The van der Waals surface area contributed by atoms with E-state index in [1.807, 2.05) is 12.3 Å². The smallest absolute Gasteiger partial charge is 0.0440 e. The van der Waals surface area contributed by atoms with E-state index >= 15 is 0 Å². The number of rotatable bonds is 0. The van der Waals surface area contributed by atoms with Crippen molar-refractivity contribution in [1.82, 2.24) is 5.32 Å². The minimum absolute atomic E-state index is 0.528. The van der Waals surface area contributed by atoms with Gasteiger partial charge in [-0.3, -0.25) is 0 Å². The zero-order valence-electron chi connectivity index (χ0n) is 5.31. The van der Waals surface area contributed by atoms with Gasteiger partial charge in [0.15, 0.2) is 0 Å². The van der Waals surface area contributed by atoms with Gasteiger partial charge >= 0.3 is 0 Å². The number of dihydropyridines is 1. The van der Waals surface area contributed by atoms with Crippen LogP contribution in [-0.2, 0) is 0 Å². The van der Waals surface area contributed by atoms with Crippen LogP contribution in [0.25, 0.3) is 0 Å². The molecule has 1 nitrogen and oxygen atoms in total. The van der Waals surface area contributed by atoms with Crippen molar-refractivity contribution >= 4 is 0 Å². The molecule has 1 rings (SSSR count). The van der Waals surface area contributed by atoms with Crippen LogP contribution in [0.4, 0.5) is 0 Å². The molecule has 0 saturated carbocycles. The predicted octanol–water partition coefficient (Wildman–Crippen LogP) is 1.44. The molecule has 0 aromatic rings. The molecule has 1 aliphatic rings. The second-order valence-electron chi connectivity index (χ2n) is 2.16. The van der Waals surface area contributed by atoms with Gasteiger partial charge in [0, 0.05) is 6.04 Å². The fraction of sp³-hybridized carbons (Fsp3) is 0.429. The summed E-state index contributed by atoms with van der Waals surface area (Å²) in [4.78, 5) is 0. The normalized spacial score (nSPS) is 26.8. The Morgan fingerprint density at radius 2 is 2.38 bits per heavy atom. The highest BCUT2D eigenvalue weighted by Crippen LogP contribution is 2.03. The summed E-state index contributed by atoms with van der Waals surface area (Å²) in [6, 6.07) is 0.528. The summed E-state index contributed by atoms with van der Waals surface area (Å²) in [5.41, 5.74) is 1.40. The average molecular weight is 109 g/mol. The van der Waals surface area contributed by atoms with Crippen molar-refractivity contribution in [2.45, 2.75) is 19.9 Å². The van der Waals surface area contributed by atoms with Crippen LogP contribution in [0.5, 0.6) is 0 Å². The summed E-state index contributed by atoms with van der Waals surface area (Å²) in [5, 5.41) is 3.18. The van der Waals surface area contributed by atoms with Crippen LogP contribution in [0.2, 0.25) is 0 Å². The lowest BCUT2D eigenvalue weighted by atomic mass is 10.1. The Labute approximate surface area is 50.1 Å². The van der Waals surface area contributed by atoms with Crippen LogP contribution >= 0.6 is 0 Å². The van der Waals surface area contributed by atoms with Gasteiger partial charge in [-0.2, -0.15) is 0 Å². The number of hydrogen-bond donors (Lipinski definition) is 1. The van der Waals surface area contributed by atoms with Crippen molar-refractivity contribution in [2.24, 2.45) is 0 Å². The van der Waals surface area contributed by atoms with Gasteiger partial charge in [-0.15, -0.1) is 0 Å². The van der Waals surface area contributed by atoms with Crippen molar-refractivity contribution < 1.29 is 0 Å². The molecule has 8 heavy (non-hydrogen) atoms. The molecule has 0 radical (unpaired) electrons. The number of allylic oxidation sites excluding steroid dienone is 2. The Morgan fingerprint density at radius 1 is 1.62 bits per heavy atom. The first kappa shape index (κ1) is 5.42. The second kappa shape index (κ2) is 2.03. The van der Waals surface area contributed by atoms with E-state index < -0.39 is 0 Å². The summed E-state index contributed by atoms with van der Waals surface area (Å²) in [6.07, 6.45) is 6.12. The van der Waals surface area contributed by atoms with E-state index in [0.29, 0.717) is 6.04 Å². The Kier molecular flexibility index (Phi) is 1.38. The fourth-order valence-electron chi connectivity index (χ4n) is 0.676. The van der Waals surface area contributed by atoms with Crippen LogP contribution in [0.15, 0.2) is 23.9 Å². The van der Waals surface area contributed by atoms with E-state index in [1.165, 1.54) is 5.57 Å². The molecule has 1 heterocycles. The monoisotopic (exact) mass is 109 g/mol. The minimum Gasteiger partial charge on any atom is -0.385 e. The minimum atomic E-state index is 0.528. The molecule has 0 aromatic carbocycles. The van der Waals surface area contributed by atoms with Crippen molar-refractivity contribution in [3.05, 3.63) is 23.9 Å². The summed E-state index contributed by atoms with van der Waals surface area (Å²) < 4.78 is 0. The molecule has 0 spiro atoms. The maximum atomic E-state index is 3.18. The van der Waals surface area contributed by atoms with Crippen molar-refractivity contribution in [2.75, 3.05) is 0 Å². The van der Waals surface area contributed by atoms with Gasteiger partial charge in [0.25, 0.3) is 0 Å². The zero-order chi connectivity index (χ0) is 5.98. The third-order valence-electron chi connectivity index (χ3n) is 1.48. The van der Waals surface area contributed by atoms with E-state index in [9.17, 15) is 0 Å². The van der Waals surface area contributed by atoms with Crippen molar-refractivity contribution in [1.29, 1.82) is 0 Å². The maximum absolute atomic E-state index is 3.18. The summed E-state index contributed by atoms with van der Waals surface area (Å²) >= 11 is 0. The van der Waals surface area contributed by atoms with Gasteiger partial charge in [0.05, 0.1) is 0 Å². The molecule has 0 aromatic heterocycles. The van der Waals surface area contributed by atoms with E-state index in [4.69, 9.17) is 0 Å². The molecule has 0 saturated heterocycles. The number of nitrogens with one attached hydrogen (secondary N) is 1. The standard InChI is InChI=1S/C7H11N/c1-6-4-3-5-8-7(6)2/h3-5,7-8H,1-2H3/t7-/m0/s1. The van der Waals surface area contributed by atoms with Crippen LogP contribution in [0.1, 0.15) is 13.8 Å². The van der Waals surface area contributed by atoms with Crippen LogP contribution in [0.3, 0.4) is 0 Å². The van der Waals surface area contributed by atoms with Gasteiger partial charge < -0.3 is 5.32 Å². The first-order valence-electron chi connectivity index (χ1n) is 2.90. The Morgan fingerprint density at radius 3 is 2.75 bits per heavy atom. The highest BCUT2D eigenvalue weighted by molar-refractivity contribution is 5.19. The Hall–Kier alpha value is -0.720. The second-order valence-corrected chi connectivity index (χ2v) is 2.16. The molecule has 44 valence electrons. The molecule has 0 aliphatic carbocycles.